The highest BCUT2D eigenvalue weighted by Gasteiger charge is 1.82. The van der Waals surface area contributed by atoms with Gasteiger partial charge in [-0.05, 0) is 38.5 Å². The number of allylic oxidation sites excluding steroid dienone is 6. The standard InChI is InChI=1S/C12H18/c1-2-4-6-8-10-12-11-9-7-5-3-1/h1-2,5,7-8,10H,3-4,6,9,11-12H2/b2-1+,7-5+,10-8?. The van der Waals surface area contributed by atoms with Crippen LogP contribution in [0, 0.1) is 0 Å². The molecule has 0 aromatic carbocycles. The van der Waals surface area contributed by atoms with E-state index in [-0.39, 0.29) is 0 Å². The molecule has 66 valence electrons. The molecule has 0 heteroatoms. The minimum Gasteiger partial charge on any atom is -0.0885 e. The van der Waals surface area contributed by atoms with Gasteiger partial charge in [0.15, 0.2) is 0 Å². The molecule has 0 aromatic heterocycles. The van der Waals surface area contributed by atoms with E-state index in [1.54, 1.807) is 0 Å². The van der Waals surface area contributed by atoms with Crippen molar-refractivity contribution in [1.82, 2.24) is 0 Å². The zero-order valence-corrected chi connectivity index (χ0v) is 7.71. The fourth-order valence-corrected chi connectivity index (χ4v) is 1.29. The fraction of sp³-hybridized carbons (Fsp3) is 0.500. The van der Waals surface area contributed by atoms with Crippen LogP contribution in [0.2, 0.25) is 0 Å². The molecule has 0 saturated carbocycles. The highest BCUT2D eigenvalue weighted by molar-refractivity contribution is 4.95. The van der Waals surface area contributed by atoms with Crippen LogP contribution in [0.3, 0.4) is 0 Å². The predicted octanol–water partition coefficient (Wildman–Crippen LogP) is 4.01. The lowest BCUT2D eigenvalue weighted by molar-refractivity contribution is 0.859. The molecule has 0 nitrogen and oxygen atoms in total. The summed E-state index contributed by atoms with van der Waals surface area (Å²) in [5.74, 6) is 0. The van der Waals surface area contributed by atoms with Crippen LogP contribution < -0.4 is 0 Å². The summed E-state index contributed by atoms with van der Waals surface area (Å²) in [6.45, 7) is 0. The smallest absolute Gasteiger partial charge is 0.0169 e. The lowest BCUT2D eigenvalue weighted by atomic mass is 10.1. The summed E-state index contributed by atoms with van der Waals surface area (Å²) in [5.41, 5.74) is 0. The average Bonchev–Trinajstić information content (AvgIpc) is 2.05. The maximum absolute atomic E-state index is 2.31. The summed E-state index contributed by atoms with van der Waals surface area (Å²) in [6, 6.07) is 0. The van der Waals surface area contributed by atoms with Gasteiger partial charge in [-0.1, -0.05) is 36.5 Å². The maximum Gasteiger partial charge on any atom is -0.0169 e. The molecular weight excluding hydrogens is 144 g/mol. The Labute approximate surface area is 75.7 Å². The van der Waals surface area contributed by atoms with Crippen molar-refractivity contribution in [2.24, 2.45) is 0 Å². The molecule has 0 N–H and O–H groups in total. The molecule has 0 bridgehead atoms. The average molecular weight is 162 g/mol. The minimum absolute atomic E-state index is 1.11. The van der Waals surface area contributed by atoms with Crippen LogP contribution >= 0.6 is 0 Å². The Morgan fingerprint density at radius 2 is 1.00 bits per heavy atom. The molecule has 0 heterocycles. The van der Waals surface area contributed by atoms with Gasteiger partial charge in [0.1, 0.15) is 0 Å². The molecule has 1 aliphatic rings. The first-order chi connectivity index (χ1) is 6.00. The van der Waals surface area contributed by atoms with Gasteiger partial charge in [0.05, 0.1) is 0 Å². The van der Waals surface area contributed by atoms with Crippen molar-refractivity contribution in [2.45, 2.75) is 38.5 Å². The van der Waals surface area contributed by atoms with Gasteiger partial charge in [-0.3, -0.25) is 0 Å². The molecule has 0 aromatic rings. The molecular formula is C12H18. The van der Waals surface area contributed by atoms with Crippen LogP contribution in [-0.2, 0) is 0 Å². The summed E-state index contributed by atoms with van der Waals surface area (Å²) in [4.78, 5) is 0. The van der Waals surface area contributed by atoms with Crippen molar-refractivity contribution in [1.29, 1.82) is 0 Å². The summed E-state index contributed by atoms with van der Waals surface area (Å²) in [7, 11) is 0. The van der Waals surface area contributed by atoms with E-state index in [0.29, 0.717) is 0 Å². The van der Waals surface area contributed by atoms with Crippen LogP contribution in [-0.4, -0.2) is 0 Å². The van der Waals surface area contributed by atoms with Gasteiger partial charge < -0.3 is 0 Å². The van der Waals surface area contributed by atoms with Crippen LogP contribution in [0.15, 0.2) is 36.5 Å². The molecule has 0 aliphatic heterocycles. The lowest BCUT2D eigenvalue weighted by Gasteiger charge is -1.92. The van der Waals surface area contributed by atoms with Crippen molar-refractivity contribution < 1.29 is 0 Å². The Morgan fingerprint density at radius 1 is 0.500 bits per heavy atom. The second kappa shape index (κ2) is 6.90. The molecule has 12 heavy (non-hydrogen) atoms. The van der Waals surface area contributed by atoms with Gasteiger partial charge in [0.25, 0.3) is 0 Å². The molecule has 1 rings (SSSR count). The molecule has 0 spiro atoms. The molecule has 0 atom stereocenters. The van der Waals surface area contributed by atoms with Gasteiger partial charge in [-0.2, -0.15) is 0 Å². The number of hydrogen-bond donors (Lipinski definition) is 0. The molecule has 0 amide bonds. The molecule has 0 saturated heterocycles. The van der Waals surface area contributed by atoms with Crippen LogP contribution in [0.4, 0.5) is 0 Å². The van der Waals surface area contributed by atoms with Gasteiger partial charge in [-0.15, -0.1) is 0 Å². The van der Waals surface area contributed by atoms with Crippen LogP contribution in [0.25, 0.3) is 0 Å². The molecule has 1 aliphatic carbocycles. The summed E-state index contributed by atoms with van der Waals surface area (Å²) in [5, 5.41) is 0. The Bertz CT molecular complexity index is 172. The Balaban J connectivity index is 2.30. The van der Waals surface area contributed by atoms with Gasteiger partial charge in [0.2, 0.25) is 0 Å². The zero-order chi connectivity index (χ0) is 8.49. The molecule has 0 fully saturated rings. The van der Waals surface area contributed by atoms with Gasteiger partial charge in [-0.25, -0.2) is 0 Å². The summed E-state index contributed by atoms with van der Waals surface area (Å²) >= 11 is 0. The Morgan fingerprint density at radius 3 is 1.75 bits per heavy atom. The second-order valence-corrected chi connectivity index (χ2v) is 3.16. The SMILES string of the molecule is C1=CCCC/C=C/C/C=C/CC1. The maximum atomic E-state index is 2.31. The third kappa shape index (κ3) is 4.95. The molecule has 0 radical (unpaired) electrons. The van der Waals surface area contributed by atoms with E-state index in [1.165, 1.54) is 32.1 Å². The first-order valence-corrected chi connectivity index (χ1v) is 4.95. The van der Waals surface area contributed by atoms with Crippen molar-refractivity contribution in [3.8, 4) is 0 Å². The van der Waals surface area contributed by atoms with Crippen LogP contribution in [0.5, 0.6) is 0 Å². The van der Waals surface area contributed by atoms with E-state index in [4.69, 9.17) is 0 Å². The lowest BCUT2D eigenvalue weighted by Crippen LogP contribution is -1.72. The van der Waals surface area contributed by atoms with Gasteiger partial charge in [0, 0.05) is 0 Å². The highest BCUT2D eigenvalue weighted by atomic mass is 13.9. The highest BCUT2D eigenvalue weighted by Crippen LogP contribution is 2.03. The van der Waals surface area contributed by atoms with Crippen molar-refractivity contribution in [3.63, 3.8) is 0 Å². The van der Waals surface area contributed by atoms with E-state index in [1.807, 2.05) is 0 Å². The van der Waals surface area contributed by atoms with E-state index >= 15 is 0 Å². The second-order valence-electron chi connectivity index (χ2n) is 3.16. The van der Waals surface area contributed by atoms with E-state index in [2.05, 4.69) is 36.5 Å². The predicted molar refractivity (Wildman–Crippen MR) is 55.1 cm³/mol. The van der Waals surface area contributed by atoms with Crippen molar-refractivity contribution in [2.75, 3.05) is 0 Å². The van der Waals surface area contributed by atoms with Gasteiger partial charge >= 0.3 is 0 Å². The summed E-state index contributed by atoms with van der Waals surface area (Å²) < 4.78 is 0. The van der Waals surface area contributed by atoms with Crippen molar-refractivity contribution >= 4 is 0 Å². The fourth-order valence-electron chi connectivity index (χ4n) is 1.29. The third-order valence-electron chi connectivity index (χ3n) is 2.01. The molecule has 0 unspecified atom stereocenters. The largest absolute Gasteiger partial charge is 0.0885 e. The van der Waals surface area contributed by atoms with Crippen molar-refractivity contribution in [3.05, 3.63) is 36.5 Å². The van der Waals surface area contributed by atoms with E-state index in [9.17, 15) is 0 Å². The third-order valence-corrected chi connectivity index (χ3v) is 2.01. The zero-order valence-electron chi connectivity index (χ0n) is 7.71. The van der Waals surface area contributed by atoms with E-state index < -0.39 is 0 Å². The topological polar surface area (TPSA) is 0 Å². The van der Waals surface area contributed by atoms with E-state index in [0.717, 1.165) is 6.42 Å². The monoisotopic (exact) mass is 162 g/mol. The van der Waals surface area contributed by atoms with Crippen LogP contribution in [0.1, 0.15) is 38.5 Å². The number of rotatable bonds is 0. The first kappa shape index (κ1) is 9.31. The minimum atomic E-state index is 1.11. The summed E-state index contributed by atoms with van der Waals surface area (Å²) in [6.07, 6.45) is 21.0. The normalized spacial score (nSPS) is 25.3. The Kier molecular flexibility index (Phi) is 5.35. The number of hydrogen-bond acceptors (Lipinski definition) is 0. The quantitative estimate of drug-likeness (QED) is 0.472. The first-order valence-electron chi connectivity index (χ1n) is 4.95. The Hall–Kier alpha value is -0.780.